The molecule has 1 aliphatic carbocycles. The molecule has 2 N–H and O–H groups in total. The third-order valence-electron chi connectivity index (χ3n) is 6.91. The van der Waals surface area contributed by atoms with Crippen LogP contribution >= 0.6 is 0 Å². The Bertz CT molecular complexity index is 1300. The molecule has 1 fully saturated rings. The molecule has 0 unspecified atom stereocenters. The summed E-state index contributed by atoms with van der Waals surface area (Å²) >= 11 is 0. The topological polar surface area (TPSA) is 88.0 Å². The summed E-state index contributed by atoms with van der Waals surface area (Å²) in [5.74, 6) is 1.04. The Morgan fingerprint density at radius 2 is 2.00 bits per heavy atom. The highest BCUT2D eigenvalue weighted by atomic mass is 19.1. The van der Waals surface area contributed by atoms with Crippen molar-refractivity contribution in [3.63, 3.8) is 0 Å². The number of amides is 1. The Kier molecular flexibility index (Phi) is 6.38. The van der Waals surface area contributed by atoms with E-state index in [4.69, 9.17) is 4.98 Å². The lowest BCUT2D eigenvalue weighted by Crippen LogP contribution is -2.27. The van der Waals surface area contributed by atoms with Crippen molar-refractivity contribution in [1.82, 2.24) is 24.8 Å². The van der Waals surface area contributed by atoms with Gasteiger partial charge in [0.2, 0.25) is 5.91 Å². The van der Waals surface area contributed by atoms with Gasteiger partial charge in [-0.3, -0.25) is 4.79 Å². The maximum atomic E-state index is 13.2. The van der Waals surface area contributed by atoms with Crippen LogP contribution in [0.1, 0.15) is 49.5 Å². The molecule has 1 aromatic carbocycles. The third-order valence-corrected chi connectivity index (χ3v) is 6.91. The molecule has 3 aromatic heterocycles. The van der Waals surface area contributed by atoms with Crippen LogP contribution in [0.15, 0.2) is 47.7 Å². The number of aliphatic imine (C=N–C) groups is 1. The van der Waals surface area contributed by atoms with Crippen LogP contribution in [0.5, 0.6) is 0 Å². The minimum atomic E-state index is -0.288. The number of nitrogens with one attached hydrogen (secondary N) is 2. The monoisotopic (exact) mass is 460 g/mol. The average molecular weight is 461 g/mol. The summed E-state index contributed by atoms with van der Waals surface area (Å²) in [4.78, 5) is 29.4. The van der Waals surface area contributed by atoms with Crippen LogP contribution in [0.4, 0.5) is 4.39 Å². The van der Waals surface area contributed by atoms with Gasteiger partial charge in [0.05, 0.1) is 18.1 Å². The van der Waals surface area contributed by atoms with Crippen molar-refractivity contribution in [2.75, 3.05) is 6.54 Å². The van der Waals surface area contributed by atoms with Gasteiger partial charge in [0.25, 0.3) is 0 Å². The van der Waals surface area contributed by atoms with E-state index in [0.29, 0.717) is 18.5 Å². The van der Waals surface area contributed by atoms with Crippen molar-refractivity contribution >= 4 is 34.7 Å². The number of imidazole rings is 1. The van der Waals surface area contributed by atoms with E-state index in [0.717, 1.165) is 72.1 Å². The molecule has 0 saturated heterocycles. The molecule has 0 atom stereocenters. The number of nitrogens with zero attached hydrogens (tertiary/aromatic N) is 4. The second-order valence-corrected chi connectivity index (χ2v) is 9.12. The Hall–Kier alpha value is -3.55. The lowest BCUT2D eigenvalue weighted by atomic mass is 9.84. The Morgan fingerprint density at radius 3 is 2.76 bits per heavy atom. The van der Waals surface area contributed by atoms with Crippen LogP contribution in [0.2, 0.25) is 0 Å². The van der Waals surface area contributed by atoms with E-state index in [1.165, 1.54) is 12.1 Å². The molecule has 0 radical (unpaired) electrons. The molecule has 0 spiro atoms. The van der Waals surface area contributed by atoms with Crippen molar-refractivity contribution < 1.29 is 9.18 Å². The van der Waals surface area contributed by atoms with Crippen molar-refractivity contribution in [3.05, 3.63) is 59.9 Å². The molecule has 0 bridgehead atoms. The third kappa shape index (κ3) is 4.58. The highest BCUT2D eigenvalue weighted by molar-refractivity contribution is 6.01. The zero-order valence-corrected chi connectivity index (χ0v) is 19.1. The molecule has 3 heterocycles. The van der Waals surface area contributed by atoms with Gasteiger partial charge in [0.15, 0.2) is 0 Å². The molecule has 8 heteroatoms. The Balaban J connectivity index is 1.40. The maximum Gasteiger partial charge on any atom is 0.227 e. The van der Waals surface area contributed by atoms with Crippen LogP contribution < -0.4 is 5.32 Å². The van der Waals surface area contributed by atoms with Gasteiger partial charge in [-0.05, 0) is 68.5 Å². The Labute approximate surface area is 197 Å². The quantitative estimate of drug-likeness (QED) is 0.373. The van der Waals surface area contributed by atoms with Gasteiger partial charge >= 0.3 is 0 Å². The number of carbonyl (C=O) groups excluding carboxylic acids is 1. The second-order valence-electron chi connectivity index (χ2n) is 9.12. The van der Waals surface area contributed by atoms with Crippen LogP contribution in [0.25, 0.3) is 22.1 Å². The smallest absolute Gasteiger partial charge is 0.227 e. The minimum Gasteiger partial charge on any atom is -0.352 e. The number of carbonyl (C=O) groups is 1. The molecule has 1 amide bonds. The maximum absolute atomic E-state index is 13.2. The first-order valence-electron chi connectivity index (χ1n) is 11.9. The van der Waals surface area contributed by atoms with E-state index in [1.54, 1.807) is 18.3 Å². The first-order valence-corrected chi connectivity index (χ1v) is 11.9. The number of benzene rings is 1. The number of H-pyrrole nitrogens is 1. The molecule has 4 aromatic rings. The van der Waals surface area contributed by atoms with Crippen molar-refractivity contribution in [1.29, 1.82) is 0 Å². The van der Waals surface area contributed by atoms with Gasteiger partial charge in [-0.2, -0.15) is 0 Å². The number of aromatic amines is 1. The molecule has 176 valence electrons. The first-order chi connectivity index (χ1) is 16.6. The summed E-state index contributed by atoms with van der Waals surface area (Å²) in [5, 5.41) is 3.98. The lowest BCUT2D eigenvalue weighted by Gasteiger charge is -2.30. The van der Waals surface area contributed by atoms with E-state index in [-0.39, 0.29) is 18.1 Å². The molecule has 1 aliphatic rings. The number of halogens is 1. The highest BCUT2D eigenvalue weighted by Gasteiger charge is 2.27. The lowest BCUT2D eigenvalue weighted by molar-refractivity contribution is -0.120. The van der Waals surface area contributed by atoms with Crippen LogP contribution in [0.3, 0.4) is 0 Å². The van der Waals surface area contributed by atoms with Gasteiger partial charge in [-0.15, -0.1) is 0 Å². The predicted octanol–water partition coefficient (Wildman–Crippen LogP) is 4.73. The molecule has 5 rings (SSSR count). The standard InChI is InChI=1S/C26H29FN6O/c1-28-12-10-17-4-8-20(9-5-17)33-23(14-24(34)30-15-18-2-6-19(27)7-3-18)32-22-16-31-26-21(25(22)33)11-13-29-26/h2-3,6-7,11,13,16-17,20H,1,4-5,8-10,12,14-15H2,(H,29,31)(H,30,34). The van der Waals surface area contributed by atoms with Gasteiger partial charge in [0, 0.05) is 30.7 Å². The molecular weight excluding hydrogens is 431 g/mol. The van der Waals surface area contributed by atoms with E-state index in [1.807, 2.05) is 12.3 Å². The first kappa shape index (κ1) is 22.3. The van der Waals surface area contributed by atoms with E-state index in [2.05, 4.69) is 31.6 Å². The fourth-order valence-electron chi connectivity index (χ4n) is 5.13. The summed E-state index contributed by atoms with van der Waals surface area (Å²) in [5.41, 5.74) is 3.54. The number of hydrogen-bond donors (Lipinski definition) is 2. The zero-order valence-electron chi connectivity index (χ0n) is 19.1. The summed E-state index contributed by atoms with van der Waals surface area (Å²) in [6.45, 7) is 4.78. The van der Waals surface area contributed by atoms with Gasteiger partial charge < -0.3 is 19.9 Å². The van der Waals surface area contributed by atoms with Crippen molar-refractivity contribution in [2.45, 2.75) is 51.1 Å². The highest BCUT2D eigenvalue weighted by Crippen LogP contribution is 2.38. The number of rotatable bonds is 8. The average Bonchev–Trinajstić information content (AvgIpc) is 3.47. The van der Waals surface area contributed by atoms with E-state index < -0.39 is 0 Å². The summed E-state index contributed by atoms with van der Waals surface area (Å²) in [6, 6.07) is 8.48. The molecule has 34 heavy (non-hydrogen) atoms. The van der Waals surface area contributed by atoms with Crippen molar-refractivity contribution in [2.24, 2.45) is 10.9 Å². The van der Waals surface area contributed by atoms with Crippen LogP contribution in [-0.2, 0) is 17.8 Å². The SMILES string of the molecule is C=NCCC1CCC(n2c(CC(=O)NCc3ccc(F)cc3)nc3cnc4[nH]ccc4c32)CC1. The van der Waals surface area contributed by atoms with Crippen LogP contribution in [0, 0.1) is 11.7 Å². The fraction of sp³-hybridized carbons (Fsp3) is 0.385. The minimum absolute atomic E-state index is 0.107. The Morgan fingerprint density at radius 1 is 1.21 bits per heavy atom. The number of hydrogen-bond acceptors (Lipinski definition) is 4. The molecule has 1 saturated carbocycles. The fourth-order valence-corrected chi connectivity index (χ4v) is 5.13. The molecule has 7 nitrogen and oxygen atoms in total. The normalized spacial score (nSPS) is 18.4. The second kappa shape index (κ2) is 9.75. The summed E-state index contributed by atoms with van der Waals surface area (Å²) in [6.07, 6.45) is 9.31. The van der Waals surface area contributed by atoms with Gasteiger partial charge in [-0.1, -0.05) is 12.1 Å². The largest absolute Gasteiger partial charge is 0.352 e. The van der Waals surface area contributed by atoms with Crippen LogP contribution in [-0.4, -0.2) is 38.7 Å². The van der Waals surface area contributed by atoms with E-state index >= 15 is 0 Å². The zero-order chi connectivity index (χ0) is 23.5. The van der Waals surface area contributed by atoms with Gasteiger partial charge in [-0.25, -0.2) is 14.4 Å². The number of pyridine rings is 1. The number of fused-ring (bicyclic) bond motifs is 3. The summed E-state index contributed by atoms with van der Waals surface area (Å²) < 4.78 is 15.4. The number of aromatic nitrogens is 4. The van der Waals surface area contributed by atoms with Gasteiger partial charge in [0.1, 0.15) is 22.8 Å². The van der Waals surface area contributed by atoms with E-state index in [9.17, 15) is 9.18 Å². The molecular formula is C26H29FN6O. The van der Waals surface area contributed by atoms with Crippen molar-refractivity contribution in [3.8, 4) is 0 Å². The summed E-state index contributed by atoms with van der Waals surface area (Å²) in [7, 11) is 0. The predicted molar refractivity (Wildman–Crippen MR) is 131 cm³/mol. The molecule has 0 aliphatic heterocycles.